The monoisotopic (exact) mass is 854 g/mol. The van der Waals surface area contributed by atoms with Crippen molar-refractivity contribution >= 4 is 83.3 Å². The summed E-state index contributed by atoms with van der Waals surface area (Å²) in [7, 11) is 0. The molecule has 0 amide bonds. The first-order chi connectivity index (χ1) is 28.5. The molecule has 7 aromatic rings. The molecule has 316 valence electrons. The Morgan fingerprint density at radius 3 is 1.15 bits per heavy atom. The van der Waals surface area contributed by atoms with Gasteiger partial charge in [-0.15, -0.1) is 0 Å². The van der Waals surface area contributed by atoms with Crippen molar-refractivity contribution in [3.63, 3.8) is 0 Å². The molecule has 0 radical (unpaired) electrons. The zero-order valence-corrected chi connectivity index (χ0v) is 41.5. The molecule has 7 rings (SSSR count). The molecule has 0 bridgehead atoms. The van der Waals surface area contributed by atoms with E-state index in [0.717, 1.165) is 44.3 Å². The largest absolute Gasteiger partial charge is 2.00 e. The SMILES string of the molecule is CC(C)(C)c1cc(C=[NH+]c2cccc3ccc[nH+]c23)c([O-])c(C(C)(C)C)c1.CC(C)(C)c1cc(C=[NH+]c2cccc3ccc[nH+]c23)c([O-])c(C(C)(C)C)c1.Cc1ccccc1.[Ca+2]. The second-order valence-electron chi connectivity index (χ2n) is 20.0. The Balaban J connectivity index is 0.000000232. The number of hydrogen-bond donors (Lipinski definition) is 2. The molecule has 0 saturated carbocycles. The third-order valence-electron chi connectivity index (χ3n) is 10.7. The van der Waals surface area contributed by atoms with Gasteiger partial charge in [0.05, 0.1) is 10.8 Å². The number of hydrogen-bond acceptors (Lipinski definition) is 2. The predicted molar refractivity (Wildman–Crippen MR) is 256 cm³/mol. The van der Waals surface area contributed by atoms with Gasteiger partial charge in [0.2, 0.25) is 0 Å². The molecule has 2 aromatic heterocycles. The van der Waals surface area contributed by atoms with Crippen molar-refractivity contribution in [2.75, 3.05) is 0 Å². The van der Waals surface area contributed by atoms with E-state index in [0.29, 0.717) is 11.1 Å². The van der Waals surface area contributed by atoms with Crippen LogP contribution < -0.4 is 30.2 Å². The normalized spacial score (nSPS) is 12.1. The van der Waals surface area contributed by atoms with Crippen LogP contribution in [0.1, 0.15) is 122 Å². The number of aromatic amines is 2. The number of nitrogens with one attached hydrogen (secondary N) is 4. The maximum Gasteiger partial charge on any atom is 2.00 e. The van der Waals surface area contributed by atoms with Crippen molar-refractivity contribution in [1.29, 1.82) is 0 Å². The number of pyridine rings is 2. The van der Waals surface area contributed by atoms with Crippen LogP contribution in [0.15, 0.2) is 128 Å². The summed E-state index contributed by atoms with van der Waals surface area (Å²) >= 11 is 0. The summed E-state index contributed by atoms with van der Waals surface area (Å²) in [6.45, 7) is 27.7. The zero-order valence-electron chi connectivity index (χ0n) is 39.3. The van der Waals surface area contributed by atoms with Crippen LogP contribution in [0, 0.1) is 6.92 Å². The van der Waals surface area contributed by atoms with Crippen molar-refractivity contribution in [2.45, 2.75) is 112 Å². The first-order valence-corrected chi connectivity index (χ1v) is 21.3. The Morgan fingerprint density at radius 1 is 0.452 bits per heavy atom. The van der Waals surface area contributed by atoms with Crippen molar-refractivity contribution in [3.05, 3.63) is 167 Å². The molecular formula is C55H66CaN4O2+4. The fraction of sp³-hybridized carbons (Fsp3) is 0.309. The zero-order chi connectivity index (χ0) is 44.8. The fourth-order valence-electron chi connectivity index (χ4n) is 6.89. The van der Waals surface area contributed by atoms with E-state index in [1.807, 2.05) is 91.6 Å². The van der Waals surface area contributed by atoms with E-state index in [-0.39, 0.29) is 70.9 Å². The molecule has 0 aliphatic heterocycles. The maximum atomic E-state index is 13.1. The van der Waals surface area contributed by atoms with E-state index >= 15 is 0 Å². The number of aryl methyl sites for hydroxylation is 1. The Bertz CT molecular complexity index is 2480. The van der Waals surface area contributed by atoms with E-state index in [9.17, 15) is 10.2 Å². The van der Waals surface area contributed by atoms with Gasteiger partial charge < -0.3 is 10.2 Å². The quantitative estimate of drug-likeness (QED) is 0.139. The minimum absolute atomic E-state index is 0. The molecule has 2 heterocycles. The Hall–Kier alpha value is -4.88. The number of benzene rings is 5. The van der Waals surface area contributed by atoms with Crippen LogP contribution >= 0.6 is 0 Å². The van der Waals surface area contributed by atoms with Gasteiger partial charge in [0.1, 0.15) is 0 Å². The number of para-hydroxylation sites is 2. The Morgan fingerprint density at radius 2 is 0.823 bits per heavy atom. The van der Waals surface area contributed by atoms with E-state index in [1.165, 1.54) is 16.7 Å². The van der Waals surface area contributed by atoms with Crippen LogP contribution in [0.2, 0.25) is 0 Å². The predicted octanol–water partition coefficient (Wildman–Crippen LogP) is 7.92. The summed E-state index contributed by atoms with van der Waals surface area (Å²) in [6.07, 6.45) is 7.49. The number of H-pyrrole nitrogens is 2. The first kappa shape index (κ1) is 49.8. The van der Waals surface area contributed by atoms with E-state index in [2.05, 4.69) is 158 Å². The van der Waals surface area contributed by atoms with Crippen molar-refractivity contribution in [3.8, 4) is 11.5 Å². The average Bonchev–Trinajstić information content (AvgIpc) is 3.19. The van der Waals surface area contributed by atoms with Crippen molar-refractivity contribution in [1.82, 2.24) is 0 Å². The van der Waals surface area contributed by atoms with Gasteiger partial charge in [-0.05, 0) is 87.2 Å². The van der Waals surface area contributed by atoms with Crippen LogP contribution in [-0.2, 0) is 21.7 Å². The van der Waals surface area contributed by atoms with Crippen LogP contribution in [0.4, 0.5) is 11.4 Å². The Kier molecular flexibility index (Phi) is 16.5. The minimum Gasteiger partial charge on any atom is -0.872 e. The summed E-state index contributed by atoms with van der Waals surface area (Å²) in [5.74, 6) is 0.180. The molecule has 7 heteroatoms. The summed E-state index contributed by atoms with van der Waals surface area (Å²) < 4.78 is 0. The van der Waals surface area contributed by atoms with Crippen LogP contribution in [0.3, 0.4) is 0 Å². The molecule has 0 unspecified atom stereocenters. The molecule has 0 saturated heterocycles. The van der Waals surface area contributed by atoms with E-state index < -0.39 is 0 Å². The minimum atomic E-state index is -0.200. The fourth-order valence-corrected chi connectivity index (χ4v) is 6.89. The molecule has 0 aliphatic carbocycles. The maximum absolute atomic E-state index is 13.1. The standard InChI is InChI=1S/2C24H28N2O.C7H8.Ca/c2*1-23(2,3)18-13-17(22(27)19(14-18)24(4,5)6)15-26-20-11-7-9-16-10-8-12-25-21(16)20;1-7-5-3-2-4-6-7;/h2*7-15,27H,1-6H3;2-6H,1H3;/q;;;+2/p+2. The molecule has 0 spiro atoms. The summed E-state index contributed by atoms with van der Waals surface area (Å²) in [6, 6.07) is 38.7. The molecular weight excluding hydrogens is 789 g/mol. The third-order valence-corrected chi connectivity index (χ3v) is 10.7. The Labute approximate surface area is 400 Å². The molecule has 0 fully saturated rings. The van der Waals surface area contributed by atoms with E-state index in [1.54, 1.807) is 0 Å². The van der Waals surface area contributed by atoms with Gasteiger partial charge in [-0.25, -0.2) is 20.0 Å². The van der Waals surface area contributed by atoms with E-state index in [4.69, 9.17) is 0 Å². The molecule has 62 heavy (non-hydrogen) atoms. The molecule has 0 atom stereocenters. The van der Waals surface area contributed by atoms with Gasteiger partial charge in [-0.2, -0.15) is 0 Å². The number of aromatic nitrogens is 2. The van der Waals surface area contributed by atoms with Gasteiger partial charge in [-0.1, -0.05) is 155 Å². The molecule has 5 aromatic carbocycles. The van der Waals surface area contributed by atoms with Gasteiger partial charge in [0, 0.05) is 35.4 Å². The third kappa shape index (κ3) is 13.1. The van der Waals surface area contributed by atoms with Crippen LogP contribution in [0.25, 0.3) is 21.8 Å². The average molecular weight is 855 g/mol. The van der Waals surface area contributed by atoms with Gasteiger partial charge in [0.15, 0.2) is 24.8 Å². The molecule has 4 N–H and O–H groups in total. The van der Waals surface area contributed by atoms with Gasteiger partial charge >= 0.3 is 37.7 Å². The second-order valence-corrected chi connectivity index (χ2v) is 20.0. The van der Waals surface area contributed by atoms with Gasteiger partial charge in [0.25, 0.3) is 22.4 Å². The number of fused-ring (bicyclic) bond motifs is 2. The van der Waals surface area contributed by atoms with Crippen molar-refractivity contribution in [2.24, 2.45) is 0 Å². The second kappa shape index (κ2) is 20.5. The molecule has 0 aliphatic rings. The van der Waals surface area contributed by atoms with Crippen molar-refractivity contribution < 1.29 is 30.2 Å². The van der Waals surface area contributed by atoms with Crippen LogP contribution in [0.5, 0.6) is 11.5 Å². The number of rotatable bonds is 4. The summed E-state index contributed by atoms with van der Waals surface area (Å²) in [5.41, 5.74) is 10.3. The topological polar surface area (TPSA) is 102 Å². The smallest absolute Gasteiger partial charge is 0.872 e. The van der Waals surface area contributed by atoms with Crippen LogP contribution in [-0.4, -0.2) is 50.2 Å². The molecule has 6 nitrogen and oxygen atoms in total. The summed E-state index contributed by atoms with van der Waals surface area (Å²) in [4.78, 5) is 13.3. The summed E-state index contributed by atoms with van der Waals surface area (Å²) in [5, 5.41) is 28.4. The first-order valence-electron chi connectivity index (χ1n) is 21.3. The van der Waals surface area contributed by atoms with Gasteiger partial charge in [-0.3, -0.25) is 0 Å².